The Kier molecular flexibility index (Phi) is 5.61. The lowest BCUT2D eigenvalue weighted by molar-refractivity contribution is 0.586. The number of nitrogens with one attached hydrogen (secondary N) is 1. The average Bonchev–Trinajstić information content (AvgIpc) is 2.74. The minimum atomic E-state index is -3.52. The normalized spacial score (nSPS) is 15.1. The van der Waals surface area contributed by atoms with Crippen LogP contribution in [0.5, 0.6) is 0 Å². The number of aromatic nitrogens is 1. The first-order valence-electron chi connectivity index (χ1n) is 9.90. The van der Waals surface area contributed by atoms with Gasteiger partial charge in [-0.2, -0.15) is 0 Å². The molecule has 30 heavy (non-hydrogen) atoms. The summed E-state index contributed by atoms with van der Waals surface area (Å²) in [6.07, 6.45) is 0. The number of para-hydroxylation sites is 1. The lowest BCUT2D eigenvalue weighted by Gasteiger charge is -2.38. The van der Waals surface area contributed by atoms with Gasteiger partial charge >= 0.3 is 0 Å². The first kappa shape index (κ1) is 20.9. The fraction of sp³-hybridized carbons (Fsp3) is 0.318. The largest absolute Gasteiger partial charge is 0.367 e. The van der Waals surface area contributed by atoms with Crippen LogP contribution < -0.4 is 14.5 Å². The molecule has 1 aliphatic heterocycles. The van der Waals surface area contributed by atoms with Crippen molar-refractivity contribution in [2.45, 2.75) is 18.7 Å². The van der Waals surface area contributed by atoms with E-state index in [1.807, 2.05) is 38.1 Å². The van der Waals surface area contributed by atoms with Gasteiger partial charge in [0.15, 0.2) is 0 Å². The molecule has 0 aliphatic carbocycles. The highest BCUT2D eigenvalue weighted by Crippen LogP contribution is 2.33. The fourth-order valence-corrected chi connectivity index (χ4v) is 5.29. The van der Waals surface area contributed by atoms with Crippen molar-refractivity contribution in [1.82, 2.24) is 9.71 Å². The predicted octanol–water partition coefficient (Wildman–Crippen LogP) is 3.74. The van der Waals surface area contributed by atoms with Gasteiger partial charge < -0.3 is 9.80 Å². The third-order valence-corrected chi connectivity index (χ3v) is 7.24. The minimum absolute atomic E-state index is 0.313. The van der Waals surface area contributed by atoms with Gasteiger partial charge in [-0.15, -0.1) is 0 Å². The summed E-state index contributed by atoms with van der Waals surface area (Å²) in [5.74, 6) is 0. The molecular weight excluding hydrogens is 420 g/mol. The molecule has 8 heteroatoms. The Morgan fingerprint density at radius 3 is 2.27 bits per heavy atom. The smallest absolute Gasteiger partial charge is 0.242 e. The van der Waals surface area contributed by atoms with Crippen LogP contribution >= 0.6 is 11.6 Å². The summed E-state index contributed by atoms with van der Waals surface area (Å²) in [6, 6.07) is 13.2. The second-order valence-corrected chi connectivity index (χ2v) is 9.84. The molecule has 1 saturated heterocycles. The zero-order valence-electron chi connectivity index (χ0n) is 17.3. The highest BCUT2D eigenvalue weighted by atomic mass is 35.5. The molecule has 0 amide bonds. The molecule has 0 radical (unpaired) electrons. The molecule has 0 saturated carbocycles. The van der Waals surface area contributed by atoms with Gasteiger partial charge in [0, 0.05) is 48.0 Å². The van der Waals surface area contributed by atoms with Gasteiger partial charge in [-0.25, -0.2) is 13.1 Å². The molecule has 3 aromatic rings. The Morgan fingerprint density at radius 2 is 1.60 bits per heavy atom. The van der Waals surface area contributed by atoms with E-state index in [0.29, 0.717) is 9.92 Å². The SMILES string of the molecule is CNS(=O)(=O)c1ccccc1N1CCN(c2cc(C)nc3c(C)cc(Cl)cc23)CC1. The molecule has 158 valence electrons. The molecule has 2 heterocycles. The van der Waals surface area contributed by atoms with E-state index in [4.69, 9.17) is 16.6 Å². The first-order chi connectivity index (χ1) is 14.3. The number of piperazine rings is 1. The van der Waals surface area contributed by atoms with Crippen LogP contribution in [0, 0.1) is 13.8 Å². The van der Waals surface area contributed by atoms with E-state index in [0.717, 1.165) is 59.7 Å². The molecule has 1 aliphatic rings. The molecule has 6 nitrogen and oxygen atoms in total. The Bertz CT molecular complexity index is 1210. The third-order valence-electron chi connectivity index (χ3n) is 5.56. The van der Waals surface area contributed by atoms with Crippen LogP contribution in [-0.2, 0) is 10.0 Å². The maximum atomic E-state index is 12.4. The van der Waals surface area contributed by atoms with Gasteiger partial charge in [0.25, 0.3) is 0 Å². The molecule has 1 aromatic heterocycles. The van der Waals surface area contributed by atoms with Gasteiger partial charge in [0.2, 0.25) is 10.0 Å². The van der Waals surface area contributed by atoms with Crippen LogP contribution in [0.4, 0.5) is 11.4 Å². The molecular formula is C22H25ClN4O2S. The number of pyridine rings is 1. The fourth-order valence-electron chi connectivity index (χ4n) is 4.07. The predicted molar refractivity (Wildman–Crippen MR) is 123 cm³/mol. The molecule has 1 N–H and O–H groups in total. The molecule has 0 atom stereocenters. The quantitative estimate of drug-likeness (QED) is 0.664. The Morgan fingerprint density at radius 1 is 0.967 bits per heavy atom. The lowest BCUT2D eigenvalue weighted by Crippen LogP contribution is -2.47. The minimum Gasteiger partial charge on any atom is -0.367 e. The van der Waals surface area contributed by atoms with Gasteiger partial charge in [-0.05, 0) is 56.8 Å². The van der Waals surface area contributed by atoms with Gasteiger partial charge in [-0.1, -0.05) is 23.7 Å². The van der Waals surface area contributed by atoms with E-state index < -0.39 is 10.0 Å². The number of nitrogens with zero attached hydrogens (tertiary/aromatic N) is 3. The van der Waals surface area contributed by atoms with Gasteiger partial charge in [-0.3, -0.25) is 4.98 Å². The summed E-state index contributed by atoms with van der Waals surface area (Å²) >= 11 is 6.33. The van der Waals surface area contributed by atoms with Crippen LogP contribution in [0.1, 0.15) is 11.3 Å². The highest BCUT2D eigenvalue weighted by Gasteiger charge is 2.25. The summed E-state index contributed by atoms with van der Waals surface area (Å²) in [5.41, 5.74) is 4.87. The van der Waals surface area contributed by atoms with Crippen molar-refractivity contribution < 1.29 is 8.42 Å². The Labute approximate surface area is 182 Å². The molecule has 1 fully saturated rings. The molecule has 0 bridgehead atoms. The van der Waals surface area contributed by atoms with Crippen molar-refractivity contribution in [1.29, 1.82) is 0 Å². The number of fused-ring (bicyclic) bond motifs is 1. The van der Waals surface area contributed by atoms with Crippen molar-refractivity contribution in [2.75, 3.05) is 43.0 Å². The maximum absolute atomic E-state index is 12.4. The van der Waals surface area contributed by atoms with Crippen LogP contribution in [0.3, 0.4) is 0 Å². The number of benzene rings is 2. The van der Waals surface area contributed by atoms with Crippen LogP contribution in [-0.4, -0.2) is 46.6 Å². The van der Waals surface area contributed by atoms with E-state index in [1.54, 1.807) is 12.1 Å². The summed E-state index contributed by atoms with van der Waals surface area (Å²) in [5, 5.41) is 1.76. The number of hydrogen-bond donors (Lipinski definition) is 1. The number of aryl methyl sites for hydroxylation is 2. The zero-order valence-corrected chi connectivity index (χ0v) is 18.9. The number of halogens is 1. The number of sulfonamides is 1. The standard InChI is InChI=1S/C22H25ClN4O2S/c1-15-12-17(23)14-18-20(13-16(2)25-22(15)18)27-10-8-26(9-11-27)19-6-4-5-7-21(19)30(28,29)24-3/h4-7,12-14,24H,8-11H2,1-3H3. The van der Waals surface area contributed by atoms with E-state index in [9.17, 15) is 8.42 Å². The van der Waals surface area contributed by atoms with Gasteiger partial charge in [0.05, 0.1) is 11.2 Å². The van der Waals surface area contributed by atoms with Crippen LogP contribution in [0.25, 0.3) is 10.9 Å². The maximum Gasteiger partial charge on any atom is 0.242 e. The topological polar surface area (TPSA) is 65.5 Å². The van der Waals surface area contributed by atoms with E-state index in [-0.39, 0.29) is 0 Å². The van der Waals surface area contributed by atoms with Crippen LogP contribution in [0.15, 0.2) is 47.4 Å². The van der Waals surface area contributed by atoms with Crippen molar-refractivity contribution in [3.05, 3.63) is 58.7 Å². The van der Waals surface area contributed by atoms with Crippen molar-refractivity contribution in [3.8, 4) is 0 Å². The number of rotatable bonds is 4. The monoisotopic (exact) mass is 444 g/mol. The summed E-state index contributed by atoms with van der Waals surface area (Å²) < 4.78 is 27.3. The molecule has 0 unspecified atom stereocenters. The van der Waals surface area contributed by atoms with E-state index in [1.165, 1.54) is 7.05 Å². The highest BCUT2D eigenvalue weighted by molar-refractivity contribution is 7.89. The second-order valence-electron chi connectivity index (χ2n) is 7.55. The van der Waals surface area contributed by atoms with Crippen LogP contribution in [0.2, 0.25) is 5.02 Å². The van der Waals surface area contributed by atoms with Gasteiger partial charge in [0.1, 0.15) is 4.90 Å². The Hall–Kier alpha value is -2.35. The zero-order chi connectivity index (χ0) is 21.5. The summed E-state index contributed by atoms with van der Waals surface area (Å²) in [7, 11) is -2.08. The van der Waals surface area contributed by atoms with Crippen molar-refractivity contribution in [2.24, 2.45) is 0 Å². The average molecular weight is 445 g/mol. The second kappa shape index (κ2) is 8.06. The third kappa shape index (κ3) is 3.85. The molecule has 2 aromatic carbocycles. The first-order valence-corrected chi connectivity index (χ1v) is 11.8. The molecule has 0 spiro atoms. The lowest BCUT2D eigenvalue weighted by atomic mass is 10.1. The van der Waals surface area contributed by atoms with E-state index in [2.05, 4.69) is 20.6 Å². The summed E-state index contributed by atoms with van der Waals surface area (Å²) in [6.45, 7) is 7.03. The van der Waals surface area contributed by atoms with Crippen molar-refractivity contribution in [3.63, 3.8) is 0 Å². The van der Waals surface area contributed by atoms with E-state index >= 15 is 0 Å². The summed E-state index contributed by atoms with van der Waals surface area (Å²) in [4.78, 5) is 9.49. The Balaban J connectivity index is 1.64. The van der Waals surface area contributed by atoms with Crippen molar-refractivity contribution >= 4 is 43.9 Å². The number of hydrogen-bond acceptors (Lipinski definition) is 5. The molecule has 4 rings (SSSR count). The number of anilines is 2.